The molecule has 0 amide bonds. The van der Waals surface area contributed by atoms with E-state index in [-0.39, 0.29) is 11.5 Å². The molecule has 0 aromatic carbocycles. The third kappa shape index (κ3) is 5.83. The van der Waals surface area contributed by atoms with Gasteiger partial charge in [-0.15, -0.1) is 0 Å². The van der Waals surface area contributed by atoms with Crippen LogP contribution in [0.5, 0.6) is 0 Å². The number of unbranched alkanes of at least 4 members (excludes halogenated alkanes) is 8. The standard InChI is InChI=1S/C31H52O4/c1-30-18-16-24(32)21-23(30)20-22(12-10-8-6-4-3-5-7-9-11-13-28(34)35)29-25-14-15-27(33)31(25,2)19-17-26(29)30/h22-23,25-27,29,33H,3-21H2,1-2H3,(H,34,35)/t22?,23?,25-,26+,27?,29-,30-,31-/m0/s1. The summed E-state index contributed by atoms with van der Waals surface area (Å²) < 4.78 is 0. The lowest BCUT2D eigenvalue weighted by molar-refractivity contribution is -0.156. The monoisotopic (exact) mass is 488 g/mol. The summed E-state index contributed by atoms with van der Waals surface area (Å²) >= 11 is 0. The minimum Gasteiger partial charge on any atom is -0.481 e. The highest BCUT2D eigenvalue weighted by atomic mass is 16.4. The first-order chi connectivity index (χ1) is 16.8. The highest BCUT2D eigenvalue weighted by Gasteiger charge is 2.62. The van der Waals surface area contributed by atoms with Crippen molar-refractivity contribution in [3.63, 3.8) is 0 Å². The fraction of sp³-hybridized carbons (Fsp3) is 0.935. The van der Waals surface area contributed by atoms with E-state index in [2.05, 4.69) is 13.8 Å². The first-order valence-electron chi connectivity index (χ1n) is 15.2. The van der Waals surface area contributed by atoms with Gasteiger partial charge in [-0.1, -0.05) is 71.6 Å². The van der Waals surface area contributed by atoms with Gasteiger partial charge in [0.25, 0.3) is 0 Å². The molecule has 3 unspecified atom stereocenters. The van der Waals surface area contributed by atoms with Crippen molar-refractivity contribution in [3.8, 4) is 0 Å². The van der Waals surface area contributed by atoms with Crippen LogP contribution >= 0.6 is 0 Å². The van der Waals surface area contributed by atoms with Crippen LogP contribution in [0, 0.1) is 40.4 Å². The quantitative estimate of drug-likeness (QED) is 0.278. The Bertz CT molecular complexity index is 733. The fourth-order valence-corrected chi connectivity index (χ4v) is 9.41. The number of hydrogen-bond acceptors (Lipinski definition) is 3. The molecule has 4 nitrogen and oxygen atoms in total. The smallest absolute Gasteiger partial charge is 0.303 e. The predicted octanol–water partition coefficient (Wildman–Crippen LogP) is 7.56. The largest absolute Gasteiger partial charge is 0.481 e. The molecule has 4 saturated carbocycles. The molecule has 0 radical (unpaired) electrons. The molecule has 0 heterocycles. The van der Waals surface area contributed by atoms with Crippen molar-refractivity contribution in [2.45, 2.75) is 142 Å². The minimum atomic E-state index is -0.670. The molecule has 0 spiro atoms. The number of fused-ring (bicyclic) bond motifs is 5. The summed E-state index contributed by atoms with van der Waals surface area (Å²) in [6, 6.07) is 0. The van der Waals surface area contributed by atoms with Crippen molar-refractivity contribution in [2.75, 3.05) is 0 Å². The molecule has 4 aliphatic carbocycles. The second-order valence-electron chi connectivity index (χ2n) is 13.5. The molecule has 8 atom stereocenters. The maximum atomic E-state index is 12.4. The number of carbonyl (C=O) groups is 2. The lowest BCUT2D eigenvalue weighted by Crippen LogP contribution is -2.57. The maximum absolute atomic E-state index is 12.4. The van der Waals surface area contributed by atoms with Gasteiger partial charge in [-0.25, -0.2) is 0 Å². The zero-order chi connectivity index (χ0) is 25.1. The van der Waals surface area contributed by atoms with Gasteiger partial charge in [0, 0.05) is 19.3 Å². The number of ketones is 1. The Labute approximate surface area is 214 Å². The lowest BCUT2D eigenvalue weighted by Gasteiger charge is -2.62. The lowest BCUT2D eigenvalue weighted by atomic mass is 9.42. The van der Waals surface area contributed by atoms with Crippen LogP contribution in [0.2, 0.25) is 0 Å². The number of Topliss-reactive ketones (excluding diaryl/α,β-unsaturated/α-hetero) is 1. The van der Waals surface area contributed by atoms with Gasteiger partial charge >= 0.3 is 5.97 Å². The van der Waals surface area contributed by atoms with E-state index in [0.717, 1.165) is 56.3 Å². The molecular weight excluding hydrogens is 436 g/mol. The Morgan fingerprint density at radius 1 is 0.857 bits per heavy atom. The van der Waals surface area contributed by atoms with Crippen molar-refractivity contribution >= 4 is 11.8 Å². The number of aliphatic carboxylic acids is 1. The van der Waals surface area contributed by atoms with Crippen molar-refractivity contribution < 1.29 is 19.8 Å². The molecule has 4 rings (SSSR count). The van der Waals surface area contributed by atoms with E-state index in [4.69, 9.17) is 5.11 Å². The predicted molar refractivity (Wildman–Crippen MR) is 140 cm³/mol. The van der Waals surface area contributed by atoms with Gasteiger partial charge in [0.15, 0.2) is 0 Å². The molecule has 0 bridgehead atoms. The fourth-order valence-electron chi connectivity index (χ4n) is 9.41. The second kappa shape index (κ2) is 11.7. The summed E-state index contributed by atoms with van der Waals surface area (Å²) in [4.78, 5) is 23.0. The minimum absolute atomic E-state index is 0.114. The Hall–Kier alpha value is -0.900. The Kier molecular flexibility index (Phi) is 9.04. The summed E-state index contributed by atoms with van der Waals surface area (Å²) in [5.41, 5.74) is 0.464. The summed E-state index contributed by atoms with van der Waals surface area (Å²) in [6.45, 7) is 4.93. The van der Waals surface area contributed by atoms with Crippen LogP contribution < -0.4 is 0 Å². The van der Waals surface area contributed by atoms with Crippen LogP contribution in [0.25, 0.3) is 0 Å². The molecule has 0 aromatic heterocycles. The molecule has 200 valence electrons. The molecule has 4 fully saturated rings. The number of hydrogen-bond donors (Lipinski definition) is 2. The van der Waals surface area contributed by atoms with Gasteiger partial charge in [0.05, 0.1) is 6.10 Å². The van der Waals surface area contributed by atoms with Crippen molar-refractivity contribution in [3.05, 3.63) is 0 Å². The molecule has 4 heteroatoms. The number of aliphatic hydroxyl groups is 1. The van der Waals surface area contributed by atoms with Crippen LogP contribution in [0.1, 0.15) is 136 Å². The zero-order valence-corrected chi connectivity index (χ0v) is 22.6. The highest BCUT2D eigenvalue weighted by Crippen LogP contribution is 2.67. The van der Waals surface area contributed by atoms with E-state index < -0.39 is 5.97 Å². The molecule has 0 aromatic rings. The van der Waals surface area contributed by atoms with Gasteiger partial charge in [0.1, 0.15) is 5.78 Å². The van der Waals surface area contributed by atoms with Gasteiger partial charge in [-0.2, -0.15) is 0 Å². The normalized spacial score (nSPS) is 40.7. The molecule has 2 N–H and O–H groups in total. The Balaban J connectivity index is 1.28. The molecule has 4 aliphatic rings. The van der Waals surface area contributed by atoms with E-state index in [0.29, 0.717) is 29.5 Å². The maximum Gasteiger partial charge on any atom is 0.303 e. The van der Waals surface area contributed by atoms with Gasteiger partial charge in [-0.3, -0.25) is 9.59 Å². The molecule has 35 heavy (non-hydrogen) atoms. The van der Waals surface area contributed by atoms with Gasteiger partial charge in [-0.05, 0) is 85.4 Å². The van der Waals surface area contributed by atoms with Crippen LogP contribution in [0.4, 0.5) is 0 Å². The van der Waals surface area contributed by atoms with Crippen molar-refractivity contribution in [1.82, 2.24) is 0 Å². The summed E-state index contributed by atoms with van der Waals surface area (Å²) in [7, 11) is 0. The third-order valence-corrected chi connectivity index (χ3v) is 11.6. The first kappa shape index (κ1) is 27.1. The SMILES string of the molecule is C[C@]12CCC(=O)CC1CC(CCCCCCCCCCCC(=O)O)[C@@H]1[C@H]2CC[C@]2(C)C(O)CC[C@@H]12. The van der Waals surface area contributed by atoms with Crippen molar-refractivity contribution in [1.29, 1.82) is 0 Å². The first-order valence-corrected chi connectivity index (χ1v) is 15.2. The molecule has 0 saturated heterocycles. The van der Waals surface area contributed by atoms with Crippen molar-refractivity contribution in [2.24, 2.45) is 40.4 Å². The Morgan fingerprint density at radius 2 is 1.49 bits per heavy atom. The van der Waals surface area contributed by atoms with E-state index in [9.17, 15) is 14.7 Å². The van der Waals surface area contributed by atoms with E-state index >= 15 is 0 Å². The average molecular weight is 489 g/mol. The number of carboxylic acid groups (broad SMARTS) is 1. The summed E-state index contributed by atoms with van der Waals surface area (Å²) in [6.07, 6.45) is 21.0. The van der Waals surface area contributed by atoms with Crippen LogP contribution in [0.15, 0.2) is 0 Å². The number of carbonyl (C=O) groups excluding carboxylic acids is 1. The number of aliphatic hydroxyl groups excluding tert-OH is 1. The Morgan fingerprint density at radius 3 is 2.17 bits per heavy atom. The van der Waals surface area contributed by atoms with Gasteiger partial charge in [0.2, 0.25) is 0 Å². The number of carboxylic acids is 1. The van der Waals surface area contributed by atoms with Crippen LogP contribution in [-0.4, -0.2) is 28.1 Å². The van der Waals surface area contributed by atoms with E-state index in [1.807, 2.05) is 0 Å². The van der Waals surface area contributed by atoms with Crippen LogP contribution in [0.3, 0.4) is 0 Å². The molecule has 0 aliphatic heterocycles. The highest BCUT2D eigenvalue weighted by molar-refractivity contribution is 5.79. The average Bonchev–Trinajstić information content (AvgIpc) is 3.12. The third-order valence-electron chi connectivity index (χ3n) is 11.6. The summed E-state index contributed by atoms with van der Waals surface area (Å²) in [5.74, 6) is 3.35. The van der Waals surface area contributed by atoms with Gasteiger partial charge < -0.3 is 10.2 Å². The summed E-state index contributed by atoms with van der Waals surface area (Å²) in [5, 5.41) is 19.6. The zero-order valence-electron chi connectivity index (χ0n) is 22.6. The van der Waals surface area contributed by atoms with E-state index in [1.54, 1.807) is 0 Å². The van der Waals surface area contributed by atoms with E-state index in [1.165, 1.54) is 77.0 Å². The second-order valence-corrected chi connectivity index (χ2v) is 13.5. The topological polar surface area (TPSA) is 74.6 Å². The number of rotatable bonds is 12. The molecular formula is C31H52O4. The van der Waals surface area contributed by atoms with Crippen LogP contribution in [-0.2, 0) is 9.59 Å².